The number of rotatable bonds is 4. The van der Waals surface area contributed by atoms with Gasteiger partial charge in [0.25, 0.3) is 0 Å². The molecule has 0 aliphatic carbocycles. The summed E-state index contributed by atoms with van der Waals surface area (Å²) in [6, 6.07) is 0. The Hall–Kier alpha value is -0.160. The number of hydrogen-bond donors (Lipinski definition) is 2. The Morgan fingerprint density at radius 2 is 2.00 bits per heavy atom. The van der Waals surface area contributed by atoms with Crippen molar-refractivity contribution >= 4 is 0 Å². The molecule has 18 heavy (non-hydrogen) atoms. The van der Waals surface area contributed by atoms with E-state index in [0.29, 0.717) is 0 Å². The van der Waals surface area contributed by atoms with Crippen molar-refractivity contribution in [2.45, 2.75) is 69.8 Å². The normalized spacial score (nSPS) is 38.2. The predicted molar refractivity (Wildman–Crippen MR) is 70.7 cm³/mol. The number of ether oxygens (including phenoxy) is 2. The lowest BCUT2D eigenvalue weighted by Gasteiger charge is -2.39. The molecule has 106 valence electrons. The number of hydrogen-bond acceptors (Lipinski definition) is 4. The molecule has 0 spiro atoms. The third-order valence-corrected chi connectivity index (χ3v) is 4.37. The summed E-state index contributed by atoms with van der Waals surface area (Å²) in [4.78, 5) is 0. The van der Waals surface area contributed by atoms with Crippen LogP contribution in [0.1, 0.15) is 47.0 Å². The Morgan fingerprint density at radius 3 is 2.44 bits per heavy atom. The zero-order valence-electron chi connectivity index (χ0n) is 12.1. The van der Waals surface area contributed by atoms with E-state index in [0.717, 1.165) is 32.4 Å². The van der Waals surface area contributed by atoms with Crippen LogP contribution in [0, 0.1) is 0 Å². The van der Waals surface area contributed by atoms with Crippen molar-refractivity contribution < 1.29 is 14.6 Å². The molecule has 2 aliphatic rings. The maximum atomic E-state index is 9.87. The smallest absolute Gasteiger partial charge is 0.0838 e. The number of nitrogens with one attached hydrogen (secondary N) is 1. The van der Waals surface area contributed by atoms with Gasteiger partial charge in [0.15, 0.2) is 0 Å². The molecule has 0 radical (unpaired) electrons. The van der Waals surface area contributed by atoms with E-state index in [1.54, 1.807) is 0 Å². The van der Waals surface area contributed by atoms with E-state index in [1.807, 2.05) is 0 Å². The summed E-state index contributed by atoms with van der Waals surface area (Å²) in [5.74, 6) is 0. The molecule has 2 rings (SSSR count). The molecule has 4 nitrogen and oxygen atoms in total. The molecular formula is C14H27NO3. The number of aliphatic hydroxyl groups excluding tert-OH is 1. The first kappa shape index (κ1) is 14.3. The van der Waals surface area contributed by atoms with Gasteiger partial charge < -0.3 is 19.9 Å². The summed E-state index contributed by atoms with van der Waals surface area (Å²) in [5.41, 5.74) is -0.942. The van der Waals surface area contributed by atoms with Crippen LogP contribution in [-0.2, 0) is 9.47 Å². The zero-order chi connectivity index (χ0) is 13.4. The second kappa shape index (κ2) is 4.75. The van der Waals surface area contributed by atoms with Gasteiger partial charge in [-0.1, -0.05) is 0 Å². The maximum Gasteiger partial charge on any atom is 0.0838 e. The van der Waals surface area contributed by atoms with Gasteiger partial charge in [0.1, 0.15) is 0 Å². The van der Waals surface area contributed by atoms with Gasteiger partial charge in [-0.3, -0.25) is 0 Å². The Balaban J connectivity index is 2.04. The molecular weight excluding hydrogens is 230 g/mol. The van der Waals surface area contributed by atoms with Gasteiger partial charge in [0.05, 0.1) is 29.5 Å². The largest absolute Gasteiger partial charge is 0.394 e. The molecule has 2 aliphatic heterocycles. The molecule has 0 amide bonds. The SMILES string of the molecule is CC1(C)CC(CO)(NCC2CCCO2)C(C)(C)O1. The minimum atomic E-state index is -0.373. The molecule has 0 aromatic heterocycles. The van der Waals surface area contributed by atoms with Crippen molar-refractivity contribution in [3.05, 3.63) is 0 Å². The summed E-state index contributed by atoms with van der Waals surface area (Å²) in [6.45, 7) is 10.0. The van der Waals surface area contributed by atoms with Gasteiger partial charge in [-0.05, 0) is 47.0 Å². The van der Waals surface area contributed by atoms with Crippen LogP contribution in [0.5, 0.6) is 0 Å². The van der Waals surface area contributed by atoms with Crippen molar-refractivity contribution in [2.75, 3.05) is 19.8 Å². The zero-order valence-corrected chi connectivity index (χ0v) is 12.1. The average molecular weight is 257 g/mol. The second-order valence-corrected chi connectivity index (χ2v) is 6.80. The van der Waals surface area contributed by atoms with Crippen LogP contribution in [0.3, 0.4) is 0 Å². The monoisotopic (exact) mass is 257 g/mol. The molecule has 2 saturated heterocycles. The molecule has 2 unspecified atom stereocenters. The number of aliphatic hydroxyl groups is 1. The van der Waals surface area contributed by atoms with Crippen LogP contribution in [-0.4, -0.2) is 47.7 Å². The molecule has 2 heterocycles. The first-order valence-electron chi connectivity index (χ1n) is 6.98. The molecule has 2 N–H and O–H groups in total. The van der Waals surface area contributed by atoms with E-state index in [9.17, 15) is 5.11 Å². The van der Waals surface area contributed by atoms with E-state index in [1.165, 1.54) is 0 Å². The Kier molecular flexibility index (Phi) is 3.76. The highest BCUT2D eigenvalue weighted by atomic mass is 16.5. The first-order chi connectivity index (χ1) is 8.30. The van der Waals surface area contributed by atoms with E-state index in [4.69, 9.17) is 9.47 Å². The van der Waals surface area contributed by atoms with E-state index < -0.39 is 0 Å². The van der Waals surface area contributed by atoms with Crippen molar-refractivity contribution in [1.29, 1.82) is 0 Å². The molecule has 0 bridgehead atoms. The average Bonchev–Trinajstić information content (AvgIpc) is 2.80. The first-order valence-corrected chi connectivity index (χ1v) is 6.98. The lowest BCUT2D eigenvalue weighted by molar-refractivity contribution is -0.0907. The fraction of sp³-hybridized carbons (Fsp3) is 1.00. The Morgan fingerprint density at radius 1 is 1.28 bits per heavy atom. The maximum absolute atomic E-state index is 9.87. The van der Waals surface area contributed by atoms with Crippen molar-refractivity contribution in [3.8, 4) is 0 Å². The van der Waals surface area contributed by atoms with E-state index in [-0.39, 0.29) is 29.5 Å². The minimum Gasteiger partial charge on any atom is -0.394 e. The third-order valence-electron chi connectivity index (χ3n) is 4.37. The fourth-order valence-electron chi connectivity index (χ4n) is 3.46. The molecule has 0 saturated carbocycles. The van der Waals surface area contributed by atoms with Crippen LogP contribution < -0.4 is 5.32 Å². The van der Waals surface area contributed by atoms with Crippen LogP contribution in [0.2, 0.25) is 0 Å². The molecule has 4 heteroatoms. The van der Waals surface area contributed by atoms with Crippen LogP contribution in [0.15, 0.2) is 0 Å². The van der Waals surface area contributed by atoms with Crippen LogP contribution in [0.25, 0.3) is 0 Å². The lowest BCUT2D eigenvalue weighted by atomic mass is 9.79. The van der Waals surface area contributed by atoms with E-state index in [2.05, 4.69) is 33.0 Å². The summed E-state index contributed by atoms with van der Waals surface area (Å²) in [5, 5.41) is 13.4. The third kappa shape index (κ3) is 2.57. The van der Waals surface area contributed by atoms with Gasteiger partial charge in [-0.15, -0.1) is 0 Å². The van der Waals surface area contributed by atoms with Crippen LogP contribution >= 0.6 is 0 Å². The Bertz CT molecular complexity index is 297. The minimum absolute atomic E-state index is 0.0934. The molecule has 0 aromatic carbocycles. The highest BCUT2D eigenvalue weighted by molar-refractivity contribution is 5.11. The van der Waals surface area contributed by atoms with Gasteiger partial charge in [0, 0.05) is 13.2 Å². The second-order valence-electron chi connectivity index (χ2n) is 6.80. The van der Waals surface area contributed by atoms with Gasteiger partial charge in [-0.25, -0.2) is 0 Å². The topological polar surface area (TPSA) is 50.7 Å². The van der Waals surface area contributed by atoms with Gasteiger partial charge >= 0.3 is 0 Å². The standard InChI is InChI=1S/C14H27NO3/c1-12(2)9-14(10-16,13(3,4)18-12)15-8-11-6-5-7-17-11/h11,15-16H,5-10H2,1-4H3. The summed E-state index contributed by atoms with van der Waals surface area (Å²) in [6.07, 6.45) is 3.35. The Labute approximate surface area is 110 Å². The quantitative estimate of drug-likeness (QED) is 0.800. The molecule has 2 atom stereocenters. The molecule has 0 aromatic rings. The molecule has 2 fully saturated rings. The van der Waals surface area contributed by atoms with E-state index >= 15 is 0 Å². The van der Waals surface area contributed by atoms with Crippen molar-refractivity contribution in [2.24, 2.45) is 0 Å². The lowest BCUT2D eigenvalue weighted by Crippen LogP contribution is -2.61. The van der Waals surface area contributed by atoms with Crippen molar-refractivity contribution in [1.82, 2.24) is 5.32 Å². The van der Waals surface area contributed by atoms with Gasteiger partial charge in [-0.2, -0.15) is 0 Å². The predicted octanol–water partition coefficient (Wildman–Crippen LogP) is 1.46. The van der Waals surface area contributed by atoms with Crippen molar-refractivity contribution in [3.63, 3.8) is 0 Å². The summed E-state index contributed by atoms with van der Waals surface area (Å²) >= 11 is 0. The summed E-state index contributed by atoms with van der Waals surface area (Å²) in [7, 11) is 0. The van der Waals surface area contributed by atoms with Gasteiger partial charge in [0.2, 0.25) is 0 Å². The highest BCUT2D eigenvalue weighted by Gasteiger charge is 2.56. The van der Waals surface area contributed by atoms with Crippen LogP contribution in [0.4, 0.5) is 0 Å². The highest BCUT2D eigenvalue weighted by Crippen LogP contribution is 2.44. The summed E-state index contributed by atoms with van der Waals surface area (Å²) < 4.78 is 11.7. The fourth-order valence-corrected chi connectivity index (χ4v) is 3.46.